The van der Waals surface area contributed by atoms with Gasteiger partial charge in [-0.1, -0.05) is 26.0 Å². The van der Waals surface area contributed by atoms with Gasteiger partial charge in [-0.15, -0.1) is 0 Å². The zero-order valence-electron chi connectivity index (χ0n) is 11.2. The van der Waals surface area contributed by atoms with Gasteiger partial charge in [0.15, 0.2) is 0 Å². The first kappa shape index (κ1) is 12.9. The molecule has 1 aliphatic heterocycles. The van der Waals surface area contributed by atoms with E-state index in [1.165, 1.54) is 11.3 Å². The number of nitrogens with one attached hydrogen (secondary N) is 1. The summed E-state index contributed by atoms with van der Waals surface area (Å²) in [7, 11) is 0. The van der Waals surface area contributed by atoms with Gasteiger partial charge < -0.3 is 10.2 Å². The summed E-state index contributed by atoms with van der Waals surface area (Å²) in [4.78, 5) is 2.35. The summed E-state index contributed by atoms with van der Waals surface area (Å²) in [5.41, 5.74) is 2.60. The fraction of sp³-hybridized carbons (Fsp3) is 0.533. The summed E-state index contributed by atoms with van der Waals surface area (Å²) in [6.45, 7) is 7.29. The van der Waals surface area contributed by atoms with Crippen molar-refractivity contribution in [3.8, 4) is 6.07 Å². The van der Waals surface area contributed by atoms with E-state index in [0.717, 1.165) is 19.6 Å². The number of benzene rings is 1. The molecule has 96 valence electrons. The first-order valence-corrected chi connectivity index (χ1v) is 6.66. The van der Waals surface area contributed by atoms with Crippen LogP contribution in [0.2, 0.25) is 0 Å². The fourth-order valence-electron chi connectivity index (χ4n) is 2.44. The Morgan fingerprint density at radius 1 is 1.39 bits per heavy atom. The van der Waals surface area contributed by atoms with E-state index < -0.39 is 0 Å². The molecule has 1 atom stereocenters. The van der Waals surface area contributed by atoms with Crippen molar-refractivity contribution in [2.75, 3.05) is 24.5 Å². The minimum absolute atomic E-state index is 0.300. The van der Waals surface area contributed by atoms with Crippen LogP contribution in [0.15, 0.2) is 24.3 Å². The van der Waals surface area contributed by atoms with E-state index in [4.69, 9.17) is 5.26 Å². The Kier molecular flexibility index (Phi) is 4.22. The van der Waals surface area contributed by atoms with Gasteiger partial charge in [-0.3, -0.25) is 0 Å². The van der Waals surface area contributed by atoms with E-state index in [-0.39, 0.29) is 0 Å². The quantitative estimate of drug-likeness (QED) is 0.886. The lowest BCUT2D eigenvalue weighted by Gasteiger charge is -2.37. The minimum Gasteiger partial charge on any atom is -0.365 e. The van der Waals surface area contributed by atoms with E-state index in [1.807, 2.05) is 0 Å². The molecule has 0 amide bonds. The molecule has 1 unspecified atom stereocenters. The van der Waals surface area contributed by atoms with Crippen LogP contribution >= 0.6 is 0 Å². The Morgan fingerprint density at radius 3 is 2.72 bits per heavy atom. The van der Waals surface area contributed by atoms with Crippen LogP contribution in [-0.4, -0.2) is 25.7 Å². The van der Waals surface area contributed by atoms with Crippen molar-refractivity contribution >= 4 is 5.69 Å². The Labute approximate surface area is 109 Å². The molecule has 1 aromatic rings. The summed E-state index contributed by atoms with van der Waals surface area (Å²) >= 11 is 0. The van der Waals surface area contributed by atoms with E-state index in [2.05, 4.69) is 54.4 Å². The molecule has 0 aromatic heterocycles. The summed E-state index contributed by atoms with van der Waals surface area (Å²) in [6, 6.07) is 11.4. The topological polar surface area (TPSA) is 39.1 Å². The molecule has 1 heterocycles. The number of rotatable bonds is 3. The van der Waals surface area contributed by atoms with Crippen molar-refractivity contribution in [2.45, 2.75) is 32.2 Å². The number of hydrogen-bond acceptors (Lipinski definition) is 3. The standard InChI is InChI=1S/C15H21N3/c1-12(2)13-3-5-14(6-4-13)18-10-9-17-11-15(18)7-8-16/h3-6,12,15,17H,7,9-11H2,1-2H3. The number of nitriles is 1. The van der Waals surface area contributed by atoms with Gasteiger partial charge >= 0.3 is 0 Å². The average Bonchev–Trinajstić information content (AvgIpc) is 2.40. The van der Waals surface area contributed by atoms with Crippen LogP contribution in [0.1, 0.15) is 31.7 Å². The maximum absolute atomic E-state index is 8.90. The van der Waals surface area contributed by atoms with Gasteiger partial charge in [-0.2, -0.15) is 5.26 Å². The van der Waals surface area contributed by atoms with E-state index in [1.54, 1.807) is 0 Å². The predicted octanol–water partition coefficient (Wildman–Crippen LogP) is 2.50. The molecule has 0 bridgehead atoms. The van der Waals surface area contributed by atoms with Crippen LogP contribution in [0.4, 0.5) is 5.69 Å². The van der Waals surface area contributed by atoms with Crippen LogP contribution in [-0.2, 0) is 0 Å². The second-order valence-electron chi connectivity index (χ2n) is 5.16. The molecule has 0 saturated carbocycles. The van der Waals surface area contributed by atoms with Crippen molar-refractivity contribution < 1.29 is 0 Å². The number of nitrogens with zero attached hydrogens (tertiary/aromatic N) is 2. The maximum Gasteiger partial charge on any atom is 0.0643 e. The summed E-state index contributed by atoms with van der Waals surface area (Å²) in [5.74, 6) is 0.567. The largest absolute Gasteiger partial charge is 0.365 e. The van der Waals surface area contributed by atoms with Gasteiger partial charge in [0.1, 0.15) is 0 Å². The van der Waals surface area contributed by atoms with Crippen molar-refractivity contribution in [3.63, 3.8) is 0 Å². The first-order valence-electron chi connectivity index (χ1n) is 6.66. The number of anilines is 1. The molecule has 1 aromatic carbocycles. The van der Waals surface area contributed by atoms with E-state index in [0.29, 0.717) is 18.4 Å². The fourth-order valence-corrected chi connectivity index (χ4v) is 2.44. The van der Waals surface area contributed by atoms with Crippen LogP contribution in [0.3, 0.4) is 0 Å². The lowest BCUT2D eigenvalue weighted by molar-refractivity contribution is 0.481. The van der Waals surface area contributed by atoms with Gasteiger partial charge in [-0.25, -0.2) is 0 Å². The molecular formula is C15H21N3. The zero-order chi connectivity index (χ0) is 13.0. The van der Waals surface area contributed by atoms with Crippen molar-refractivity contribution in [1.82, 2.24) is 5.32 Å². The van der Waals surface area contributed by atoms with Crippen LogP contribution in [0.5, 0.6) is 0 Å². The summed E-state index contributed by atoms with van der Waals surface area (Å²) < 4.78 is 0. The lowest BCUT2D eigenvalue weighted by Crippen LogP contribution is -2.51. The molecule has 18 heavy (non-hydrogen) atoms. The van der Waals surface area contributed by atoms with Crippen molar-refractivity contribution in [2.24, 2.45) is 0 Å². The second-order valence-corrected chi connectivity index (χ2v) is 5.16. The van der Waals surface area contributed by atoms with Crippen molar-refractivity contribution in [3.05, 3.63) is 29.8 Å². The summed E-state index contributed by atoms with van der Waals surface area (Å²) in [6.07, 6.45) is 0.582. The highest BCUT2D eigenvalue weighted by atomic mass is 15.2. The Bertz CT molecular complexity index is 416. The molecule has 1 saturated heterocycles. The lowest BCUT2D eigenvalue weighted by atomic mass is 10.0. The third-order valence-electron chi connectivity index (χ3n) is 3.57. The van der Waals surface area contributed by atoms with Gasteiger partial charge in [-0.05, 0) is 23.6 Å². The molecule has 2 rings (SSSR count). The number of hydrogen-bond donors (Lipinski definition) is 1. The molecular weight excluding hydrogens is 222 g/mol. The zero-order valence-corrected chi connectivity index (χ0v) is 11.2. The molecule has 1 fully saturated rings. The van der Waals surface area contributed by atoms with Gasteiger partial charge in [0.25, 0.3) is 0 Å². The molecule has 0 aliphatic carbocycles. The Morgan fingerprint density at radius 2 is 2.11 bits per heavy atom. The third kappa shape index (κ3) is 2.83. The van der Waals surface area contributed by atoms with Crippen LogP contribution in [0, 0.1) is 11.3 Å². The van der Waals surface area contributed by atoms with Gasteiger partial charge in [0.05, 0.1) is 18.5 Å². The highest BCUT2D eigenvalue weighted by Crippen LogP contribution is 2.23. The molecule has 1 N–H and O–H groups in total. The molecule has 3 nitrogen and oxygen atoms in total. The molecule has 0 radical (unpaired) electrons. The highest BCUT2D eigenvalue weighted by Gasteiger charge is 2.21. The van der Waals surface area contributed by atoms with Crippen LogP contribution < -0.4 is 10.2 Å². The Balaban J connectivity index is 2.15. The predicted molar refractivity (Wildman–Crippen MR) is 74.8 cm³/mol. The normalized spacial score (nSPS) is 19.9. The maximum atomic E-state index is 8.90. The second kappa shape index (κ2) is 5.88. The highest BCUT2D eigenvalue weighted by molar-refractivity contribution is 5.49. The van der Waals surface area contributed by atoms with Crippen LogP contribution in [0.25, 0.3) is 0 Å². The van der Waals surface area contributed by atoms with Crippen molar-refractivity contribution in [1.29, 1.82) is 5.26 Å². The number of piperazine rings is 1. The SMILES string of the molecule is CC(C)c1ccc(N2CCNCC2CC#N)cc1. The monoisotopic (exact) mass is 243 g/mol. The minimum atomic E-state index is 0.300. The molecule has 3 heteroatoms. The van der Waals surface area contributed by atoms with Gasteiger partial charge in [0.2, 0.25) is 0 Å². The Hall–Kier alpha value is -1.53. The first-order chi connectivity index (χ1) is 8.72. The van der Waals surface area contributed by atoms with E-state index in [9.17, 15) is 0 Å². The molecule has 0 spiro atoms. The average molecular weight is 243 g/mol. The summed E-state index contributed by atoms with van der Waals surface area (Å²) in [5, 5.41) is 12.3. The van der Waals surface area contributed by atoms with E-state index >= 15 is 0 Å². The van der Waals surface area contributed by atoms with Gasteiger partial charge in [0, 0.05) is 25.3 Å². The smallest absolute Gasteiger partial charge is 0.0643 e. The molecule has 1 aliphatic rings. The third-order valence-corrected chi connectivity index (χ3v) is 3.57.